The van der Waals surface area contributed by atoms with E-state index in [9.17, 15) is 14.7 Å². The van der Waals surface area contributed by atoms with E-state index >= 15 is 0 Å². The highest BCUT2D eigenvalue weighted by molar-refractivity contribution is 5.87. The summed E-state index contributed by atoms with van der Waals surface area (Å²) in [6, 6.07) is 14.9. The number of nitrogens with zero attached hydrogens (tertiary/aromatic N) is 2. The van der Waals surface area contributed by atoms with Gasteiger partial charge in [-0.2, -0.15) is 0 Å². The molecule has 1 heterocycles. The van der Waals surface area contributed by atoms with Gasteiger partial charge in [-0.05, 0) is 47.4 Å². The standard InChI is InChI=1S/C24H28N2O3/c27-23(21-17-8-9-18(14-17)22(21)24(28)29)26-12-10-25(11-13-26)15-19-6-3-5-16-4-1-2-7-20(16)19/h1-7,17-18,21-22H,8-15H2,(H,28,29)/t17-,18-,21+,22-/m0/s1. The van der Waals surface area contributed by atoms with Gasteiger partial charge in [-0.15, -0.1) is 0 Å². The van der Waals surface area contributed by atoms with E-state index in [1.807, 2.05) is 4.90 Å². The van der Waals surface area contributed by atoms with Crippen molar-refractivity contribution in [1.82, 2.24) is 9.80 Å². The van der Waals surface area contributed by atoms with Crippen molar-refractivity contribution < 1.29 is 14.7 Å². The fourth-order valence-electron chi connectivity index (χ4n) is 6.01. The number of piperazine rings is 1. The molecule has 3 fully saturated rings. The van der Waals surface area contributed by atoms with E-state index in [0.29, 0.717) is 13.1 Å². The Morgan fingerprint density at radius 3 is 2.34 bits per heavy atom. The average Bonchev–Trinajstić information content (AvgIpc) is 3.36. The summed E-state index contributed by atoms with van der Waals surface area (Å²) in [7, 11) is 0. The molecule has 2 aromatic carbocycles. The molecule has 0 radical (unpaired) electrons. The van der Waals surface area contributed by atoms with E-state index in [1.54, 1.807) is 0 Å². The first-order chi connectivity index (χ1) is 14.1. The molecule has 5 rings (SSSR count). The van der Waals surface area contributed by atoms with Gasteiger partial charge in [0, 0.05) is 32.7 Å². The van der Waals surface area contributed by atoms with Crippen molar-refractivity contribution in [2.75, 3.05) is 26.2 Å². The fourth-order valence-corrected chi connectivity index (χ4v) is 6.01. The molecule has 152 valence electrons. The van der Waals surface area contributed by atoms with Crippen molar-refractivity contribution in [3.8, 4) is 0 Å². The van der Waals surface area contributed by atoms with Crippen molar-refractivity contribution in [1.29, 1.82) is 0 Å². The van der Waals surface area contributed by atoms with Gasteiger partial charge in [0.1, 0.15) is 0 Å². The highest BCUT2D eigenvalue weighted by Gasteiger charge is 2.54. The molecule has 3 aliphatic rings. The van der Waals surface area contributed by atoms with Crippen LogP contribution in [-0.2, 0) is 16.1 Å². The predicted octanol–water partition coefficient (Wildman–Crippen LogP) is 3.23. The number of carboxylic acids is 1. The molecule has 0 aromatic heterocycles. The number of carboxylic acid groups (broad SMARTS) is 1. The third-order valence-corrected chi connectivity index (χ3v) is 7.44. The summed E-state index contributed by atoms with van der Waals surface area (Å²) in [6.07, 6.45) is 2.92. The monoisotopic (exact) mass is 392 g/mol. The SMILES string of the molecule is O=C(O)[C@H]1[C@H]2CC[C@@H](C2)[C@H]1C(=O)N1CCN(Cc2cccc3ccccc23)CC1. The third-order valence-electron chi connectivity index (χ3n) is 7.44. The summed E-state index contributed by atoms with van der Waals surface area (Å²) < 4.78 is 0. The molecule has 5 heteroatoms. The zero-order chi connectivity index (χ0) is 20.0. The normalized spacial score (nSPS) is 29.4. The number of fused-ring (bicyclic) bond motifs is 3. The van der Waals surface area contributed by atoms with E-state index < -0.39 is 11.9 Å². The lowest BCUT2D eigenvalue weighted by Gasteiger charge is -2.38. The molecular weight excluding hydrogens is 364 g/mol. The van der Waals surface area contributed by atoms with Crippen LogP contribution < -0.4 is 0 Å². The van der Waals surface area contributed by atoms with Gasteiger partial charge in [0.15, 0.2) is 0 Å². The van der Waals surface area contributed by atoms with Gasteiger partial charge in [0.05, 0.1) is 11.8 Å². The molecule has 1 amide bonds. The van der Waals surface area contributed by atoms with Crippen molar-refractivity contribution in [2.24, 2.45) is 23.7 Å². The Kier molecular flexibility index (Phi) is 4.78. The molecule has 2 aromatic rings. The maximum atomic E-state index is 13.2. The lowest BCUT2D eigenvalue weighted by molar-refractivity contribution is -0.153. The van der Waals surface area contributed by atoms with Crippen LogP contribution in [0.4, 0.5) is 0 Å². The van der Waals surface area contributed by atoms with Crippen LogP contribution in [0.2, 0.25) is 0 Å². The number of aliphatic carboxylic acids is 1. The van der Waals surface area contributed by atoms with Gasteiger partial charge in [-0.3, -0.25) is 14.5 Å². The minimum atomic E-state index is -0.773. The first-order valence-electron chi connectivity index (χ1n) is 10.8. The van der Waals surface area contributed by atoms with Crippen molar-refractivity contribution in [3.05, 3.63) is 48.0 Å². The van der Waals surface area contributed by atoms with Gasteiger partial charge in [0.25, 0.3) is 0 Å². The van der Waals surface area contributed by atoms with Crippen molar-refractivity contribution >= 4 is 22.6 Å². The lowest BCUT2D eigenvalue weighted by atomic mass is 9.78. The van der Waals surface area contributed by atoms with Crippen LogP contribution in [0.1, 0.15) is 24.8 Å². The average molecular weight is 392 g/mol. The zero-order valence-electron chi connectivity index (χ0n) is 16.7. The van der Waals surface area contributed by atoms with E-state index in [4.69, 9.17) is 0 Å². The Balaban J connectivity index is 1.24. The third kappa shape index (κ3) is 3.31. The number of hydrogen-bond donors (Lipinski definition) is 1. The summed E-state index contributed by atoms with van der Waals surface area (Å²) in [5.41, 5.74) is 1.32. The molecule has 2 bridgehead atoms. The minimum Gasteiger partial charge on any atom is -0.481 e. The molecular formula is C24H28N2O3. The molecule has 29 heavy (non-hydrogen) atoms. The Labute approximate surface area is 171 Å². The highest BCUT2D eigenvalue weighted by atomic mass is 16.4. The number of amides is 1. The summed E-state index contributed by atoms with van der Waals surface area (Å²) in [6.45, 7) is 3.96. The first kappa shape index (κ1) is 18.6. The van der Waals surface area contributed by atoms with Crippen molar-refractivity contribution in [3.63, 3.8) is 0 Å². The van der Waals surface area contributed by atoms with Crippen LogP contribution in [-0.4, -0.2) is 53.0 Å². The molecule has 1 N–H and O–H groups in total. The number of rotatable bonds is 4. The second-order valence-electron chi connectivity index (χ2n) is 8.96. The molecule has 0 spiro atoms. The molecule has 4 atom stereocenters. The van der Waals surface area contributed by atoms with E-state index in [2.05, 4.69) is 47.4 Å². The zero-order valence-corrected chi connectivity index (χ0v) is 16.7. The van der Waals surface area contributed by atoms with Crippen LogP contribution in [0.25, 0.3) is 10.8 Å². The molecule has 0 unspecified atom stereocenters. The van der Waals surface area contributed by atoms with Crippen LogP contribution in [0.15, 0.2) is 42.5 Å². The largest absolute Gasteiger partial charge is 0.481 e. The lowest BCUT2D eigenvalue weighted by Crippen LogP contribution is -2.52. The highest BCUT2D eigenvalue weighted by Crippen LogP contribution is 2.53. The van der Waals surface area contributed by atoms with E-state index in [1.165, 1.54) is 16.3 Å². The fraction of sp³-hybridized carbons (Fsp3) is 0.500. The Morgan fingerprint density at radius 2 is 1.59 bits per heavy atom. The first-order valence-corrected chi connectivity index (χ1v) is 10.8. The Morgan fingerprint density at radius 1 is 0.897 bits per heavy atom. The number of benzene rings is 2. The van der Waals surface area contributed by atoms with Crippen LogP contribution in [0.3, 0.4) is 0 Å². The van der Waals surface area contributed by atoms with Gasteiger partial charge >= 0.3 is 5.97 Å². The minimum absolute atomic E-state index is 0.0920. The van der Waals surface area contributed by atoms with Gasteiger partial charge < -0.3 is 10.0 Å². The smallest absolute Gasteiger partial charge is 0.307 e. The summed E-state index contributed by atoms with van der Waals surface area (Å²) in [5, 5.41) is 12.2. The Hall–Kier alpha value is -2.40. The predicted molar refractivity (Wildman–Crippen MR) is 111 cm³/mol. The quantitative estimate of drug-likeness (QED) is 0.868. The molecule has 1 aliphatic heterocycles. The maximum absolute atomic E-state index is 13.2. The molecule has 1 saturated heterocycles. The Bertz CT molecular complexity index is 929. The number of carbonyl (C=O) groups excluding carboxylic acids is 1. The molecule has 2 aliphatic carbocycles. The van der Waals surface area contributed by atoms with Gasteiger partial charge in [-0.1, -0.05) is 42.5 Å². The maximum Gasteiger partial charge on any atom is 0.307 e. The summed E-state index contributed by atoms with van der Waals surface area (Å²) >= 11 is 0. The number of carbonyl (C=O) groups is 2. The van der Waals surface area contributed by atoms with E-state index in [0.717, 1.165) is 38.9 Å². The van der Waals surface area contributed by atoms with Crippen LogP contribution in [0.5, 0.6) is 0 Å². The molecule has 2 saturated carbocycles. The second-order valence-corrected chi connectivity index (χ2v) is 8.96. The second kappa shape index (κ2) is 7.45. The van der Waals surface area contributed by atoms with Gasteiger partial charge in [0.2, 0.25) is 5.91 Å². The van der Waals surface area contributed by atoms with Crippen molar-refractivity contribution in [2.45, 2.75) is 25.8 Å². The summed E-state index contributed by atoms with van der Waals surface area (Å²) in [4.78, 5) is 29.3. The summed E-state index contributed by atoms with van der Waals surface area (Å²) in [5.74, 6) is -0.952. The molecule has 5 nitrogen and oxygen atoms in total. The number of hydrogen-bond acceptors (Lipinski definition) is 3. The van der Waals surface area contributed by atoms with Crippen LogP contribution in [0, 0.1) is 23.7 Å². The van der Waals surface area contributed by atoms with Gasteiger partial charge in [-0.25, -0.2) is 0 Å². The topological polar surface area (TPSA) is 60.9 Å². The van der Waals surface area contributed by atoms with E-state index in [-0.39, 0.29) is 23.7 Å². The van der Waals surface area contributed by atoms with Crippen LogP contribution >= 0.6 is 0 Å².